The van der Waals surface area contributed by atoms with E-state index in [4.69, 9.17) is 16.7 Å². The molecular weight excluding hydrogens is 268 g/mol. The Labute approximate surface area is 115 Å². The minimum absolute atomic E-state index is 0.417. The SMILES string of the molecule is CO.Cc1nnc2n1-c1ccc(Cl)cc1C=NC2O. The van der Waals surface area contributed by atoms with Gasteiger partial charge in [0.25, 0.3) is 0 Å². The molecule has 2 aromatic rings. The first-order chi connectivity index (χ1) is 9.16. The van der Waals surface area contributed by atoms with E-state index in [1.54, 1.807) is 22.9 Å². The van der Waals surface area contributed by atoms with Crippen LogP contribution in [0.5, 0.6) is 0 Å². The van der Waals surface area contributed by atoms with Gasteiger partial charge in [0.05, 0.1) is 5.69 Å². The summed E-state index contributed by atoms with van der Waals surface area (Å²) in [6.07, 6.45) is 0.599. The standard InChI is InChI=1S/C11H9ClN4O.CH4O/c1-6-14-15-10-11(17)13-5-7-4-8(12)2-3-9(7)16(6)10;1-2/h2-5,11,17H,1H3;2H,1H3. The van der Waals surface area contributed by atoms with Crippen molar-refractivity contribution in [3.8, 4) is 5.69 Å². The minimum Gasteiger partial charge on any atom is -0.400 e. The Morgan fingerprint density at radius 3 is 2.74 bits per heavy atom. The summed E-state index contributed by atoms with van der Waals surface area (Å²) in [5.41, 5.74) is 1.70. The Bertz CT molecular complexity index is 624. The van der Waals surface area contributed by atoms with Gasteiger partial charge in [-0.05, 0) is 25.1 Å². The second kappa shape index (κ2) is 5.48. The third-order valence-electron chi connectivity index (χ3n) is 2.67. The van der Waals surface area contributed by atoms with Crippen LogP contribution in [0, 0.1) is 6.92 Å². The lowest BCUT2D eigenvalue weighted by atomic mass is 10.2. The van der Waals surface area contributed by atoms with Gasteiger partial charge in [-0.25, -0.2) is 0 Å². The number of aromatic nitrogens is 3. The summed E-state index contributed by atoms with van der Waals surface area (Å²) in [6.45, 7) is 1.83. The van der Waals surface area contributed by atoms with Crippen molar-refractivity contribution in [2.45, 2.75) is 13.2 Å². The molecule has 1 atom stereocenters. The first-order valence-electron chi connectivity index (χ1n) is 5.54. The van der Waals surface area contributed by atoms with Crippen LogP contribution in [0.1, 0.15) is 23.4 Å². The zero-order chi connectivity index (χ0) is 14.0. The number of aliphatic hydroxyl groups excluding tert-OH is 2. The fourth-order valence-electron chi connectivity index (χ4n) is 1.89. The number of benzene rings is 1. The van der Waals surface area contributed by atoms with E-state index in [2.05, 4.69) is 15.2 Å². The van der Waals surface area contributed by atoms with E-state index in [1.807, 2.05) is 13.0 Å². The normalized spacial score (nSPS) is 15.9. The van der Waals surface area contributed by atoms with Gasteiger partial charge in [0, 0.05) is 23.9 Å². The summed E-state index contributed by atoms with van der Waals surface area (Å²) in [7, 11) is 1.00. The van der Waals surface area contributed by atoms with Gasteiger partial charge in [0.1, 0.15) is 5.82 Å². The second-order valence-electron chi connectivity index (χ2n) is 3.80. The molecule has 0 spiro atoms. The lowest BCUT2D eigenvalue weighted by Crippen LogP contribution is -2.06. The highest BCUT2D eigenvalue weighted by atomic mass is 35.5. The molecule has 19 heavy (non-hydrogen) atoms. The van der Waals surface area contributed by atoms with E-state index in [0.29, 0.717) is 16.7 Å². The molecule has 100 valence electrons. The zero-order valence-electron chi connectivity index (χ0n) is 10.4. The molecule has 0 saturated heterocycles. The molecule has 1 aromatic carbocycles. The third kappa shape index (κ3) is 2.37. The van der Waals surface area contributed by atoms with Crippen LogP contribution in [0.15, 0.2) is 23.2 Å². The van der Waals surface area contributed by atoms with E-state index in [9.17, 15) is 5.11 Å². The number of aryl methyl sites for hydroxylation is 1. The van der Waals surface area contributed by atoms with Crippen molar-refractivity contribution >= 4 is 17.8 Å². The molecule has 2 heterocycles. The molecule has 1 unspecified atom stereocenters. The molecule has 0 fully saturated rings. The highest BCUT2D eigenvalue weighted by Crippen LogP contribution is 2.26. The van der Waals surface area contributed by atoms with Crippen LogP contribution in [0.2, 0.25) is 5.02 Å². The molecular formula is C12H13ClN4O2. The van der Waals surface area contributed by atoms with Crippen molar-refractivity contribution in [2.75, 3.05) is 7.11 Å². The Kier molecular flexibility index (Phi) is 3.94. The molecule has 6 nitrogen and oxygen atoms in total. The lowest BCUT2D eigenvalue weighted by Gasteiger charge is -2.09. The predicted octanol–water partition coefficient (Wildman–Crippen LogP) is 1.26. The van der Waals surface area contributed by atoms with Gasteiger partial charge in [0.2, 0.25) is 6.23 Å². The van der Waals surface area contributed by atoms with Crippen LogP contribution in [0.3, 0.4) is 0 Å². The van der Waals surface area contributed by atoms with Gasteiger partial charge in [-0.1, -0.05) is 11.6 Å². The smallest absolute Gasteiger partial charge is 0.206 e. The van der Waals surface area contributed by atoms with Crippen LogP contribution in [-0.2, 0) is 0 Å². The molecule has 2 N–H and O–H groups in total. The summed E-state index contributed by atoms with van der Waals surface area (Å²) >= 11 is 5.94. The lowest BCUT2D eigenvalue weighted by molar-refractivity contribution is 0.177. The molecule has 7 heteroatoms. The average Bonchev–Trinajstić information content (AvgIpc) is 2.74. The Balaban J connectivity index is 0.000000637. The number of aliphatic hydroxyl groups is 2. The molecule has 1 aliphatic heterocycles. The number of hydrogen-bond donors (Lipinski definition) is 2. The molecule has 1 aliphatic rings. The van der Waals surface area contributed by atoms with Crippen LogP contribution < -0.4 is 0 Å². The molecule has 0 amide bonds. The van der Waals surface area contributed by atoms with Gasteiger partial charge in [-0.15, -0.1) is 10.2 Å². The van der Waals surface area contributed by atoms with Crippen molar-refractivity contribution in [1.82, 2.24) is 14.8 Å². The molecule has 3 rings (SSSR count). The molecule has 0 bridgehead atoms. The zero-order valence-corrected chi connectivity index (χ0v) is 11.2. The number of hydrogen-bond acceptors (Lipinski definition) is 5. The summed E-state index contributed by atoms with van der Waals surface area (Å²) in [4.78, 5) is 4.01. The third-order valence-corrected chi connectivity index (χ3v) is 2.90. The van der Waals surface area contributed by atoms with Crippen molar-refractivity contribution in [1.29, 1.82) is 0 Å². The van der Waals surface area contributed by atoms with Gasteiger partial charge in [-0.2, -0.15) is 0 Å². The van der Waals surface area contributed by atoms with Crippen LogP contribution in [0.25, 0.3) is 5.69 Å². The molecule has 0 saturated carbocycles. The van der Waals surface area contributed by atoms with E-state index < -0.39 is 6.23 Å². The van der Waals surface area contributed by atoms with Crippen LogP contribution >= 0.6 is 11.6 Å². The van der Waals surface area contributed by atoms with Crippen molar-refractivity contribution in [3.05, 3.63) is 40.4 Å². The maximum Gasteiger partial charge on any atom is 0.206 e. The maximum absolute atomic E-state index is 9.84. The Hall–Kier alpha value is -1.76. The number of fused-ring (bicyclic) bond motifs is 3. The topological polar surface area (TPSA) is 83.5 Å². The van der Waals surface area contributed by atoms with E-state index in [0.717, 1.165) is 18.4 Å². The van der Waals surface area contributed by atoms with Crippen molar-refractivity contribution < 1.29 is 10.2 Å². The van der Waals surface area contributed by atoms with Crippen molar-refractivity contribution in [2.24, 2.45) is 4.99 Å². The number of halogens is 1. The highest BCUT2D eigenvalue weighted by molar-refractivity contribution is 6.31. The Morgan fingerprint density at radius 2 is 2.00 bits per heavy atom. The van der Waals surface area contributed by atoms with Gasteiger partial charge in [0.15, 0.2) is 5.82 Å². The van der Waals surface area contributed by atoms with E-state index in [1.165, 1.54) is 0 Å². The number of nitrogens with zero attached hydrogens (tertiary/aromatic N) is 4. The summed E-state index contributed by atoms with van der Waals surface area (Å²) in [5.74, 6) is 1.12. The Morgan fingerprint density at radius 1 is 1.26 bits per heavy atom. The van der Waals surface area contributed by atoms with Gasteiger partial charge in [-0.3, -0.25) is 9.56 Å². The molecule has 0 radical (unpaired) electrons. The first kappa shape index (κ1) is 13.7. The van der Waals surface area contributed by atoms with Crippen molar-refractivity contribution in [3.63, 3.8) is 0 Å². The first-order valence-corrected chi connectivity index (χ1v) is 5.92. The fourth-order valence-corrected chi connectivity index (χ4v) is 2.07. The largest absolute Gasteiger partial charge is 0.400 e. The highest BCUT2D eigenvalue weighted by Gasteiger charge is 2.21. The predicted molar refractivity (Wildman–Crippen MR) is 71.8 cm³/mol. The number of rotatable bonds is 0. The minimum atomic E-state index is -0.998. The summed E-state index contributed by atoms with van der Waals surface area (Å²) in [6, 6.07) is 5.44. The summed E-state index contributed by atoms with van der Waals surface area (Å²) in [5, 5.41) is 25.4. The second-order valence-corrected chi connectivity index (χ2v) is 4.23. The number of aliphatic imine (C=N–C) groups is 1. The van der Waals surface area contributed by atoms with Crippen LogP contribution in [0.4, 0.5) is 0 Å². The van der Waals surface area contributed by atoms with E-state index in [-0.39, 0.29) is 0 Å². The van der Waals surface area contributed by atoms with Crippen LogP contribution in [-0.4, -0.2) is 38.3 Å². The monoisotopic (exact) mass is 280 g/mol. The van der Waals surface area contributed by atoms with Gasteiger partial charge >= 0.3 is 0 Å². The van der Waals surface area contributed by atoms with E-state index >= 15 is 0 Å². The summed E-state index contributed by atoms with van der Waals surface area (Å²) < 4.78 is 1.78. The average molecular weight is 281 g/mol. The van der Waals surface area contributed by atoms with Gasteiger partial charge < -0.3 is 10.2 Å². The molecule has 1 aromatic heterocycles. The maximum atomic E-state index is 9.84. The quantitative estimate of drug-likeness (QED) is 0.761. The fraction of sp³-hybridized carbons (Fsp3) is 0.250. The molecule has 0 aliphatic carbocycles.